The summed E-state index contributed by atoms with van der Waals surface area (Å²) in [7, 11) is 2.03. The first-order valence-corrected chi connectivity index (χ1v) is 21.7. The molecule has 2 rings (SSSR count). The predicted octanol–water partition coefficient (Wildman–Crippen LogP) is 7.67. The number of hydrogen-bond donors (Lipinski definition) is 0. The van der Waals surface area contributed by atoms with Gasteiger partial charge in [-0.05, 0) is 0 Å². The zero-order chi connectivity index (χ0) is 21.3. The van der Waals surface area contributed by atoms with Crippen LogP contribution in [0.4, 0.5) is 0 Å². The molecular weight excluding hydrogens is 506 g/mol. The van der Waals surface area contributed by atoms with Gasteiger partial charge in [0, 0.05) is 0 Å². The molecule has 160 valence electrons. The second kappa shape index (κ2) is 12.4. The summed E-state index contributed by atoms with van der Waals surface area (Å²) >= 11 is 3.64. The van der Waals surface area contributed by atoms with E-state index in [9.17, 15) is 4.79 Å². The van der Waals surface area contributed by atoms with Gasteiger partial charge in [0.15, 0.2) is 0 Å². The molecular formula is C23H35ClN2OSSn. The number of benzene rings is 1. The van der Waals surface area contributed by atoms with Crippen molar-refractivity contribution >= 4 is 48.4 Å². The third kappa shape index (κ3) is 6.76. The summed E-state index contributed by atoms with van der Waals surface area (Å²) < 4.78 is 5.94. The molecule has 0 spiro atoms. The normalized spacial score (nSPS) is 11.9. The van der Waals surface area contributed by atoms with Crippen molar-refractivity contribution in [2.75, 3.05) is 0 Å². The Morgan fingerprint density at radius 3 is 2.21 bits per heavy atom. The van der Waals surface area contributed by atoms with E-state index in [1.54, 1.807) is 18.2 Å². The Morgan fingerprint density at radius 1 is 1.10 bits per heavy atom. The molecule has 1 aromatic heterocycles. The van der Waals surface area contributed by atoms with Crippen molar-refractivity contribution in [3.63, 3.8) is 0 Å². The van der Waals surface area contributed by atoms with E-state index in [2.05, 4.69) is 27.4 Å². The predicted molar refractivity (Wildman–Crippen MR) is 132 cm³/mol. The molecule has 6 heteroatoms. The fourth-order valence-corrected chi connectivity index (χ4v) is 25.9. The zero-order valence-electron chi connectivity index (χ0n) is 18.2. The third-order valence-corrected chi connectivity index (χ3v) is 26.8. The van der Waals surface area contributed by atoms with E-state index in [-0.39, 0.29) is 5.56 Å². The molecule has 0 aliphatic rings. The van der Waals surface area contributed by atoms with Crippen LogP contribution in [0, 0.1) is 0 Å². The van der Waals surface area contributed by atoms with Gasteiger partial charge in [0.2, 0.25) is 0 Å². The first-order chi connectivity index (χ1) is 14.0. The third-order valence-electron chi connectivity index (χ3n) is 5.46. The number of rotatable bonds is 13. The summed E-state index contributed by atoms with van der Waals surface area (Å²) in [6.07, 6.45) is 9.38. The number of fused-ring (bicyclic) bond motifs is 1. The van der Waals surface area contributed by atoms with Crippen molar-refractivity contribution < 1.29 is 0 Å². The van der Waals surface area contributed by atoms with Gasteiger partial charge in [-0.25, -0.2) is 0 Å². The molecule has 1 heterocycles. The Labute approximate surface area is 187 Å². The number of halogens is 1. The Kier molecular flexibility index (Phi) is 10.6. The minimum atomic E-state index is -2.57. The fraction of sp³-hybridized carbons (Fsp3) is 0.565. The standard InChI is InChI=1S/C11H9ClN2OS.3C4H9.Sn/c1-2-5-14-10(15)8-4-3-7(12)6-9(8)13-11(14)16;3*1-3-4-2;/h2-4,6H,1,5H2,(H,13,16);3*1,3-4H2,2H3;/q;;;;+1/p-1. The van der Waals surface area contributed by atoms with Crippen LogP contribution in [0.5, 0.6) is 0 Å². The van der Waals surface area contributed by atoms with E-state index in [0.29, 0.717) is 22.5 Å². The second-order valence-corrected chi connectivity index (χ2v) is 27.5. The van der Waals surface area contributed by atoms with Crippen LogP contribution in [0.2, 0.25) is 18.3 Å². The minimum absolute atomic E-state index is 0.0238. The molecule has 0 fully saturated rings. The summed E-state index contributed by atoms with van der Waals surface area (Å²) in [5.74, 6) is 0. The maximum absolute atomic E-state index is 13.2. The zero-order valence-corrected chi connectivity index (χ0v) is 22.6. The van der Waals surface area contributed by atoms with Crippen LogP contribution >= 0.6 is 20.5 Å². The van der Waals surface area contributed by atoms with Crippen molar-refractivity contribution in [1.82, 2.24) is 9.55 Å². The van der Waals surface area contributed by atoms with Crippen LogP contribution in [0.25, 0.3) is 10.9 Å². The molecule has 0 unspecified atom stereocenters. The van der Waals surface area contributed by atoms with Crippen LogP contribution in [0.1, 0.15) is 59.3 Å². The van der Waals surface area contributed by atoms with E-state index in [1.807, 2.05) is 19.6 Å². The van der Waals surface area contributed by atoms with Crippen LogP contribution < -0.4 is 5.56 Å². The SMILES string of the molecule is C=CCn1c([S][Sn]([CH2]CCC)([CH2]CCC)[CH2]CCC)nc2cc(Cl)ccc2c1=O. The molecule has 0 saturated heterocycles. The van der Waals surface area contributed by atoms with Crippen LogP contribution in [-0.2, 0) is 6.54 Å². The number of hydrogen-bond acceptors (Lipinski definition) is 3. The average Bonchev–Trinajstić information content (AvgIpc) is 2.71. The fourth-order valence-electron chi connectivity index (χ4n) is 3.76. The van der Waals surface area contributed by atoms with Gasteiger partial charge >= 0.3 is 189 Å². The Bertz CT molecular complexity index is 846. The Morgan fingerprint density at radius 2 is 1.69 bits per heavy atom. The number of nitrogens with zero attached hydrogens (tertiary/aromatic N) is 2. The van der Waals surface area contributed by atoms with Crippen molar-refractivity contribution in [3.05, 3.63) is 46.2 Å². The van der Waals surface area contributed by atoms with Crippen molar-refractivity contribution in [1.29, 1.82) is 0 Å². The topological polar surface area (TPSA) is 34.9 Å². The van der Waals surface area contributed by atoms with Crippen LogP contribution in [0.3, 0.4) is 0 Å². The van der Waals surface area contributed by atoms with Gasteiger partial charge in [0.1, 0.15) is 0 Å². The molecule has 0 N–H and O–H groups in total. The molecule has 0 radical (unpaired) electrons. The summed E-state index contributed by atoms with van der Waals surface area (Å²) in [5.41, 5.74) is 0.739. The second-order valence-electron chi connectivity index (χ2n) is 7.86. The molecule has 0 aliphatic carbocycles. The number of allylic oxidation sites excluding steroid dienone is 1. The molecule has 0 saturated carbocycles. The van der Waals surface area contributed by atoms with Gasteiger partial charge in [0.25, 0.3) is 0 Å². The monoisotopic (exact) mass is 542 g/mol. The quantitative estimate of drug-likeness (QED) is 0.148. The number of aromatic nitrogens is 2. The average molecular weight is 542 g/mol. The Hall–Kier alpha value is -0.461. The van der Waals surface area contributed by atoms with Gasteiger partial charge in [-0.2, -0.15) is 0 Å². The van der Waals surface area contributed by atoms with E-state index in [1.165, 1.54) is 51.8 Å². The van der Waals surface area contributed by atoms with Crippen LogP contribution in [0.15, 0.2) is 40.8 Å². The molecule has 3 nitrogen and oxygen atoms in total. The van der Waals surface area contributed by atoms with E-state index in [4.69, 9.17) is 16.6 Å². The van der Waals surface area contributed by atoms with E-state index >= 15 is 0 Å². The molecule has 2 aromatic rings. The maximum atomic E-state index is 13.2. The molecule has 0 aliphatic heterocycles. The van der Waals surface area contributed by atoms with Gasteiger partial charge in [-0.1, -0.05) is 0 Å². The first kappa shape index (κ1) is 24.8. The molecule has 0 atom stereocenters. The summed E-state index contributed by atoms with van der Waals surface area (Å²) in [6.45, 7) is 11.2. The van der Waals surface area contributed by atoms with Gasteiger partial charge in [-0.15, -0.1) is 0 Å². The van der Waals surface area contributed by atoms with Crippen molar-refractivity contribution in [3.8, 4) is 0 Å². The summed E-state index contributed by atoms with van der Waals surface area (Å²) in [5, 5.41) is 2.15. The van der Waals surface area contributed by atoms with E-state index in [0.717, 1.165) is 5.16 Å². The summed E-state index contributed by atoms with van der Waals surface area (Å²) in [4.78, 5) is 18.2. The van der Waals surface area contributed by atoms with E-state index < -0.39 is 17.0 Å². The van der Waals surface area contributed by atoms with Gasteiger partial charge < -0.3 is 0 Å². The van der Waals surface area contributed by atoms with Crippen LogP contribution in [-0.4, -0.2) is 26.5 Å². The van der Waals surface area contributed by atoms with Gasteiger partial charge in [0.05, 0.1) is 0 Å². The van der Waals surface area contributed by atoms with Crippen molar-refractivity contribution in [2.45, 2.75) is 84.3 Å². The molecule has 0 bridgehead atoms. The number of unbranched alkanes of at least 4 members (excludes halogenated alkanes) is 3. The first-order valence-electron chi connectivity index (χ1n) is 11.0. The molecule has 1 aromatic carbocycles. The molecule has 0 amide bonds. The van der Waals surface area contributed by atoms with Gasteiger partial charge in [-0.3, -0.25) is 0 Å². The molecule has 29 heavy (non-hydrogen) atoms. The summed E-state index contributed by atoms with van der Waals surface area (Å²) in [6, 6.07) is 5.38. The van der Waals surface area contributed by atoms with Crippen molar-refractivity contribution in [2.24, 2.45) is 0 Å². The Balaban J connectivity index is 2.57.